The van der Waals surface area contributed by atoms with Crippen molar-refractivity contribution in [2.45, 2.75) is 39.0 Å². The third-order valence-electron chi connectivity index (χ3n) is 11.2. The molecular weight excluding hydrogens is 694 g/mol. The number of benzene rings is 4. The molecule has 1 atom stereocenters. The molecule has 0 aliphatic carbocycles. The molecule has 0 bridgehead atoms. The summed E-state index contributed by atoms with van der Waals surface area (Å²) in [6.07, 6.45) is 14.3. The number of nitrogens with zero attached hydrogens (tertiary/aromatic N) is 10. The zero-order chi connectivity index (χ0) is 36.6. The Morgan fingerprint density at radius 3 is 1.43 bits per heavy atom. The summed E-state index contributed by atoms with van der Waals surface area (Å²) in [6.45, 7) is 11.9. The molecule has 9 rings (SSSR count). The van der Waals surface area contributed by atoms with Gasteiger partial charge in [-0.1, -0.05) is 0 Å². The van der Waals surface area contributed by atoms with Gasteiger partial charge < -0.3 is 0 Å². The van der Waals surface area contributed by atoms with Gasteiger partial charge in [-0.25, -0.2) is 0 Å². The molecule has 5 heterocycles. The molecule has 0 amide bonds. The van der Waals surface area contributed by atoms with Crippen molar-refractivity contribution in [1.29, 1.82) is 0 Å². The van der Waals surface area contributed by atoms with E-state index in [0.717, 1.165) is 66.4 Å². The van der Waals surface area contributed by atoms with Crippen molar-refractivity contribution in [2.24, 2.45) is 0 Å². The summed E-state index contributed by atoms with van der Waals surface area (Å²) in [7, 11) is 0.767. The molecule has 1 aliphatic heterocycles. The monoisotopic (exact) mass is 734 g/mol. The van der Waals surface area contributed by atoms with Crippen LogP contribution in [0.5, 0.6) is 0 Å². The molecule has 12 heteroatoms. The quantitative estimate of drug-likeness (QED) is 0.174. The second-order valence-electron chi connectivity index (χ2n) is 14.7. The zero-order valence-corrected chi connectivity index (χ0v) is 32.7. The van der Waals surface area contributed by atoms with Crippen LogP contribution in [0, 0.1) is 0 Å². The summed E-state index contributed by atoms with van der Waals surface area (Å²) in [5.74, 6) is 0. The van der Waals surface area contributed by atoms with E-state index in [-0.39, 0.29) is 5.66 Å². The van der Waals surface area contributed by atoms with E-state index >= 15 is 0 Å². The van der Waals surface area contributed by atoms with Gasteiger partial charge in [-0.15, -0.1) is 0 Å². The van der Waals surface area contributed by atoms with E-state index < -0.39 is 15.2 Å². The number of anilines is 4. The molecule has 264 valence electrons. The molecule has 4 aromatic heterocycles. The van der Waals surface area contributed by atoms with Crippen LogP contribution >= 0.6 is 15.2 Å². The van der Waals surface area contributed by atoms with Crippen LogP contribution in [0.4, 0.5) is 22.7 Å². The number of fused-ring (bicyclic) bond motifs is 8. The fourth-order valence-electron chi connectivity index (χ4n) is 8.07. The average Bonchev–Trinajstić information content (AvgIpc) is 3.18. The molecule has 0 spiro atoms. The minimum atomic E-state index is -2.68. The Kier molecular flexibility index (Phi) is 8.02. The Hall–Kier alpha value is -5.30. The van der Waals surface area contributed by atoms with Gasteiger partial charge in [-0.3, -0.25) is 0 Å². The van der Waals surface area contributed by atoms with E-state index in [9.17, 15) is 0 Å². The van der Waals surface area contributed by atoms with Gasteiger partial charge in [0.2, 0.25) is 0 Å². The third-order valence-corrected chi connectivity index (χ3v) is 19.3. The van der Waals surface area contributed by atoms with E-state index in [1.54, 1.807) is 25.3 Å². The first-order valence-corrected chi connectivity index (χ1v) is 21.8. The predicted molar refractivity (Wildman–Crippen MR) is 224 cm³/mol. The molecule has 0 radical (unpaired) electrons. The van der Waals surface area contributed by atoms with E-state index in [4.69, 9.17) is 19.9 Å². The zero-order valence-electron chi connectivity index (χ0n) is 30.8. The topological polar surface area (TPSA) is 110 Å². The standard InChI is InChI=1S/C41H40N10P2/c1-24(2)52-38-10-28-18-44-20-46-30(28)12-35(38)51(6)37-13-31-29(19-45-21-47-31)11-40(37)53(7,25(3)4)41-15-33-27(17-43-23-49-33)9-36(41)50(5)34-8-26-16-42-22-48-32(26)14-39(34)52/h8-25,53H,1-7H3. The third kappa shape index (κ3) is 5.30. The van der Waals surface area contributed by atoms with Crippen LogP contribution in [0.25, 0.3) is 43.6 Å². The van der Waals surface area contributed by atoms with Crippen molar-refractivity contribution >= 4 is 103 Å². The molecule has 0 N–H and O–H groups in total. The minimum absolute atomic E-state index is 0.275. The summed E-state index contributed by atoms with van der Waals surface area (Å²) >= 11 is 0. The van der Waals surface area contributed by atoms with E-state index in [0.29, 0.717) is 5.66 Å². The number of hydrogen-bond donors (Lipinski definition) is 0. The van der Waals surface area contributed by atoms with Crippen LogP contribution in [0.2, 0.25) is 0 Å². The van der Waals surface area contributed by atoms with Crippen LogP contribution in [-0.2, 0) is 0 Å². The van der Waals surface area contributed by atoms with Gasteiger partial charge in [0.15, 0.2) is 0 Å². The van der Waals surface area contributed by atoms with Gasteiger partial charge in [0.05, 0.1) is 0 Å². The van der Waals surface area contributed by atoms with E-state index in [2.05, 4.69) is 127 Å². The molecule has 1 unspecified atom stereocenters. The van der Waals surface area contributed by atoms with Crippen LogP contribution in [0.15, 0.2) is 98.6 Å². The number of aromatic nitrogens is 8. The van der Waals surface area contributed by atoms with Crippen molar-refractivity contribution in [3.8, 4) is 0 Å². The Bertz CT molecular complexity index is 2560. The first kappa shape index (κ1) is 33.5. The Balaban J connectivity index is 1.50. The number of rotatable bonds is 2. The van der Waals surface area contributed by atoms with Gasteiger partial charge in [0.1, 0.15) is 0 Å². The summed E-state index contributed by atoms with van der Waals surface area (Å²) in [4.78, 5) is 41.7. The molecule has 4 aromatic carbocycles. The summed E-state index contributed by atoms with van der Waals surface area (Å²) in [5.41, 5.74) is 8.79. The summed E-state index contributed by atoms with van der Waals surface area (Å²) in [6, 6.07) is 18.4. The molecule has 53 heavy (non-hydrogen) atoms. The maximum absolute atomic E-state index is 4.81. The SMILES string of the molecule is CC(C)P1c2cc3cncnc3cc2N(C)c2cc3ncncc3cc2[PH](C)(C(C)C)c2cc3ncncc3cc2N(C)c2cc3cncnc3cc21. The normalized spacial score (nSPS) is 16.3. The molecule has 0 saturated heterocycles. The van der Waals surface area contributed by atoms with Crippen molar-refractivity contribution in [3.05, 3.63) is 98.6 Å². The summed E-state index contributed by atoms with van der Waals surface area (Å²) in [5, 5.41) is 9.18. The summed E-state index contributed by atoms with van der Waals surface area (Å²) < 4.78 is 0. The molecule has 8 aromatic rings. The van der Waals surface area contributed by atoms with Gasteiger partial charge >= 0.3 is 311 Å². The molecule has 10 nitrogen and oxygen atoms in total. The molecule has 1 aliphatic rings. The first-order chi connectivity index (χ1) is 25.6. The number of hydrogen-bond acceptors (Lipinski definition) is 10. The van der Waals surface area contributed by atoms with E-state index in [1.807, 2.05) is 24.8 Å². The second-order valence-corrected chi connectivity index (χ2v) is 22.1. The Labute approximate surface area is 309 Å². The van der Waals surface area contributed by atoms with Crippen LogP contribution < -0.4 is 31.0 Å². The van der Waals surface area contributed by atoms with Crippen LogP contribution in [0.1, 0.15) is 27.7 Å². The van der Waals surface area contributed by atoms with Crippen molar-refractivity contribution in [3.63, 3.8) is 0 Å². The van der Waals surface area contributed by atoms with Crippen molar-refractivity contribution in [1.82, 2.24) is 39.9 Å². The molecule has 0 saturated carbocycles. The average molecular weight is 735 g/mol. The van der Waals surface area contributed by atoms with Crippen molar-refractivity contribution < 1.29 is 0 Å². The Morgan fingerprint density at radius 1 is 0.491 bits per heavy atom. The molecule has 0 fully saturated rings. The van der Waals surface area contributed by atoms with Crippen molar-refractivity contribution in [2.75, 3.05) is 30.6 Å². The van der Waals surface area contributed by atoms with Gasteiger partial charge in [-0.2, -0.15) is 0 Å². The van der Waals surface area contributed by atoms with Gasteiger partial charge in [0, 0.05) is 0 Å². The fourth-order valence-corrected chi connectivity index (χ4v) is 14.9. The van der Waals surface area contributed by atoms with Crippen LogP contribution in [0.3, 0.4) is 0 Å². The maximum atomic E-state index is 4.81. The predicted octanol–water partition coefficient (Wildman–Crippen LogP) is 6.89. The van der Waals surface area contributed by atoms with Gasteiger partial charge in [-0.05, 0) is 0 Å². The van der Waals surface area contributed by atoms with Gasteiger partial charge in [0.25, 0.3) is 0 Å². The fraction of sp³-hybridized carbons (Fsp3) is 0.220. The first-order valence-electron chi connectivity index (χ1n) is 17.9. The van der Waals surface area contributed by atoms with Crippen LogP contribution in [-0.4, -0.2) is 71.9 Å². The second kappa shape index (κ2) is 12.7. The Morgan fingerprint density at radius 2 is 0.887 bits per heavy atom. The van der Waals surface area contributed by atoms with E-state index in [1.165, 1.54) is 21.2 Å². The molecular formula is C41H40N10P2.